The maximum Gasteiger partial charge on any atom is 0.320 e. The zero-order valence-electron chi connectivity index (χ0n) is 9.25. The molecular formula is C10H21NO2S. The zero-order valence-corrected chi connectivity index (χ0v) is 10.1. The molecule has 0 aromatic carbocycles. The number of hydrogen-bond donors (Lipinski definition) is 2. The number of aliphatic carboxylic acids is 1. The number of hydrogen-bond acceptors (Lipinski definition) is 3. The van der Waals surface area contributed by atoms with Crippen LogP contribution >= 0.6 is 11.8 Å². The summed E-state index contributed by atoms with van der Waals surface area (Å²) in [5, 5.41) is 12.0. The standard InChI is InChI=1S/C10H21NO2S/c1-4-14-6-5-9(10(12)13)11-7-8(2)3/h8-9,11H,4-7H2,1-3H3,(H,12,13). The predicted molar refractivity (Wildman–Crippen MR) is 61.9 cm³/mol. The number of carbonyl (C=O) groups is 1. The smallest absolute Gasteiger partial charge is 0.320 e. The van der Waals surface area contributed by atoms with E-state index >= 15 is 0 Å². The van der Waals surface area contributed by atoms with Crippen molar-refractivity contribution in [2.75, 3.05) is 18.1 Å². The highest BCUT2D eigenvalue weighted by Gasteiger charge is 2.15. The average molecular weight is 219 g/mol. The van der Waals surface area contributed by atoms with Crippen LogP contribution in [-0.4, -0.2) is 35.2 Å². The molecule has 0 radical (unpaired) electrons. The summed E-state index contributed by atoms with van der Waals surface area (Å²) in [6.07, 6.45) is 0.709. The minimum absolute atomic E-state index is 0.378. The summed E-state index contributed by atoms with van der Waals surface area (Å²) in [6, 6.07) is -0.378. The second-order valence-electron chi connectivity index (χ2n) is 3.68. The molecule has 0 spiro atoms. The van der Waals surface area contributed by atoms with Crippen LogP contribution in [0.1, 0.15) is 27.2 Å². The summed E-state index contributed by atoms with van der Waals surface area (Å²) < 4.78 is 0. The normalized spacial score (nSPS) is 13.1. The maximum atomic E-state index is 10.8. The van der Waals surface area contributed by atoms with Crippen molar-refractivity contribution < 1.29 is 9.90 Å². The van der Waals surface area contributed by atoms with Gasteiger partial charge in [0.1, 0.15) is 6.04 Å². The largest absolute Gasteiger partial charge is 0.480 e. The molecule has 0 aromatic rings. The van der Waals surface area contributed by atoms with E-state index in [1.807, 2.05) is 0 Å². The van der Waals surface area contributed by atoms with E-state index in [0.29, 0.717) is 12.3 Å². The molecule has 1 unspecified atom stereocenters. The van der Waals surface area contributed by atoms with E-state index in [1.165, 1.54) is 0 Å². The predicted octanol–water partition coefficient (Wildman–Crippen LogP) is 1.83. The fourth-order valence-electron chi connectivity index (χ4n) is 1.04. The van der Waals surface area contributed by atoms with Crippen LogP contribution in [-0.2, 0) is 4.79 Å². The fourth-order valence-corrected chi connectivity index (χ4v) is 1.73. The maximum absolute atomic E-state index is 10.8. The van der Waals surface area contributed by atoms with Crippen molar-refractivity contribution in [3.05, 3.63) is 0 Å². The van der Waals surface area contributed by atoms with Crippen molar-refractivity contribution in [3.8, 4) is 0 Å². The molecule has 0 aliphatic carbocycles. The van der Waals surface area contributed by atoms with Gasteiger partial charge in [0.2, 0.25) is 0 Å². The van der Waals surface area contributed by atoms with Gasteiger partial charge in [-0.2, -0.15) is 11.8 Å². The van der Waals surface area contributed by atoms with Gasteiger partial charge in [0.25, 0.3) is 0 Å². The van der Waals surface area contributed by atoms with Crippen LogP contribution in [0.4, 0.5) is 0 Å². The van der Waals surface area contributed by atoms with Gasteiger partial charge in [0.15, 0.2) is 0 Å². The monoisotopic (exact) mass is 219 g/mol. The van der Waals surface area contributed by atoms with Gasteiger partial charge in [0, 0.05) is 0 Å². The molecule has 0 saturated heterocycles. The first kappa shape index (κ1) is 13.8. The summed E-state index contributed by atoms with van der Waals surface area (Å²) in [6.45, 7) is 7.01. The second-order valence-corrected chi connectivity index (χ2v) is 5.07. The molecule has 0 rings (SSSR count). The summed E-state index contributed by atoms with van der Waals surface area (Å²) in [5.74, 6) is 1.73. The Kier molecular flexibility index (Phi) is 7.99. The lowest BCUT2D eigenvalue weighted by Crippen LogP contribution is -2.39. The minimum atomic E-state index is -0.734. The van der Waals surface area contributed by atoms with E-state index in [1.54, 1.807) is 11.8 Å². The van der Waals surface area contributed by atoms with Gasteiger partial charge in [-0.25, -0.2) is 0 Å². The number of nitrogens with one attached hydrogen (secondary N) is 1. The topological polar surface area (TPSA) is 49.3 Å². The molecule has 1 atom stereocenters. The molecule has 0 bridgehead atoms. The van der Waals surface area contributed by atoms with Crippen LogP contribution in [0.5, 0.6) is 0 Å². The van der Waals surface area contributed by atoms with Gasteiger partial charge in [0.05, 0.1) is 0 Å². The lowest BCUT2D eigenvalue weighted by atomic mass is 10.2. The second kappa shape index (κ2) is 8.12. The van der Waals surface area contributed by atoms with Crippen molar-refractivity contribution in [3.63, 3.8) is 0 Å². The molecule has 0 saturated carbocycles. The Hall–Kier alpha value is -0.220. The van der Waals surface area contributed by atoms with Gasteiger partial charge in [-0.15, -0.1) is 0 Å². The van der Waals surface area contributed by atoms with Crippen molar-refractivity contribution in [2.24, 2.45) is 5.92 Å². The highest BCUT2D eigenvalue weighted by Crippen LogP contribution is 2.04. The molecule has 14 heavy (non-hydrogen) atoms. The fraction of sp³-hybridized carbons (Fsp3) is 0.900. The average Bonchev–Trinajstić information content (AvgIpc) is 2.10. The van der Waals surface area contributed by atoms with Crippen molar-refractivity contribution >= 4 is 17.7 Å². The van der Waals surface area contributed by atoms with Crippen molar-refractivity contribution in [1.82, 2.24) is 5.32 Å². The molecule has 2 N–H and O–H groups in total. The minimum Gasteiger partial charge on any atom is -0.480 e. The van der Waals surface area contributed by atoms with Crippen LogP contribution in [0.15, 0.2) is 0 Å². The Bertz CT molecular complexity index is 162. The Morgan fingerprint density at radius 1 is 1.50 bits per heavy atom. The quantitative estimate of drug-likeness (QED) is 0.611. The third-order valence-electron chi connectivity index (χ3n) is 1.83. The molecule has 84 valence electrons. The number of carboxylic acid groups (broad SMARTS) is 1. The van der Waals surface area contributed by atoms with Crippen LogP contribution < -0.4 is 5.32 Å². The van der Waals surface area contributed by atoms with Gasteiger partial charge in [-0.1, -0.05) is 20.8 Å². The Labute approximate surface area is 90.7 Å². The molecule has 3 nitrogen and oxygen atoms in total. The molecule has 0 aliphatic rings. The first-order valence-corrected chi connectivity index (χ1v) is 6.27. The van der Waals surface area contributed by atoms with E-state index < -0.39 is 5.97 Å². The Morgan fingerprint density at radius 3 is 2.57 bits per heavy atom. The first-order valence-electron chi connectivity index (χ1n) is 5.11. The Balaban J connectivity index is 3.72. The molecule has 0 aliphatic heterocycles. The number of carboxylic acids is 1. The van der Waals surface area contributed by atoms with Gasteiger partial charge < -0.3 is 10.4 Å². The highest BCUT2D eigenvalue weighted by atomic mass is 32.2. The molecule has 0 heterocycles. The van der Waals surface area contributed by atoms with Crippen molar-refractivity contribution in [1.29, 1.82) is 0 Å². The SMILES string of the molecule is CCSCCC(NCC(C)C)C(=O)O. The lowest BCUT2D eigenvalue weighted by Gasteiger charge is -2.15. The lowest BCUT2D eigenvalue weighted by molar-refractivity contribution is -0.139. The molecule has 0 fully saturated rings. The van der Waals surface area contributed by atoms with E-state index in [0.717, 1.165) is 18.1 Å². The van der Waals surface area contributed by atoms with E-state index in [-0.39, 0.29) is 6.04 Å². The number of rotatable bonds is 8. The van der Waals surface area contributed by atoms with Crippen molar-refractivity contribution in [2.45, 2.75) is 33.2 Å². The highest BCUT2D eigenvalue weighted by molar-refractivity contribution is 7.99. The molecule has 4 heteroatoms. The van der Waals surface area contributed by atoms with Gasteiger partial charge in [-0.05, 0) is 30.4 Å². The van der Waals surface area contributed by atoms with Crippen LogP contribution in [0.2, 0.25) is 0 Å². The molecule has 0 amide bonds. The van der Waals surface area contributed by atoms with E-state index in [9.17, 15) is 4.79 Å². The summed E-state index contributed by atoms with van der Waals surface area (Å²) in [7, 11) is 0. The Morgan fingerprint density at radius 2 is 2.14 bits per heavy atom. The van der Waals surface area contributed by atoms with E-state index in [2.05, 4.69) is 26.1 Å². The molecule has 0 aromatic heterocycles. The molecular weight excluding hydrogens is 198 g/mol. The third kappa shape index (κ3) is 7.21. The van der Waals surface area contributed by atoms with Gasteiger partial charge >= 0.3 is 5.97 Å². The van der Waals surface area contributed by atoms with Crippen LogP contribution in [0.3, 0.4) is 0 Å². The summed E-state index contributed by atoms with van der Waals surface area (Å²) in [5.41, 5.74) is 0. The van der Waals surface area contributed by atoms with Crippen LogP contribution in [0, 0.1) is 5.92 Å². The summed E-state index contributed by atoms with van der Waals surface area (Å²) >= 11 is 1.78. The van der Waals surface area contributed by atoms with E-state index in [4.69, 9.17) is 5.11 Å². The zero-order chi connectivity index (χ0) is 11.0. The number of thioether (sulfide) groups is 1. The summed E-state index contributed by atoms with van der Waals surface area (Å²) in [4.78, 5) is 10.8. The first-order chi connectivity index (χ1) is 6.57. The van der Waals surface area contributed by atoms with Crippen LogP contribution in [0.25, 0.3) is 0 Å². The third-order valence-corrected chi connectivity index (χ3v) is 2.76. The van der Waals surface area contributed by atoms with Gasteiger partial charge in [-0.3, -0.25) is 4.79 Å².